The van der Waals surface area contributed by atoms with E-state index in [4.69, 9.17) is 5.26 Å². The van der Waals surface area contributed by atoms with Gasteiger partial charge in [-0.25, -0.2) is 9.97 Å². The third kappa shape index (κ3) is 1.59. The van der Waals surface area contributed by atoms with Gasteiger partial charge in [0.2, 0.25) is 0 Å². The van der Waals surface area contributed by atoms with Crippen molar-refractivity contribution in [1.82, 2.24) is 14.5 Å². The van der Waals surface area contributed by atoms with Gasteiger partial charge in [-0.15, -0.1) is 11.3 Å². The Morgan fingerprint density at radius 1 is 1.41 bits per heavy atom. The lowest BCUT2D eigenvalue weighted by Gasteiger charge is -1.97. The van der Waals surface area contributed by atoms with Crippen molar-refractivity contribution in [2.45, 2.75) is 0 Å². The van der Waals surface area contributed by atoms with Gasteiger partial charge in [0, 0.05) is 18.0 Å². The van der Waals surface area contributed by atoms with E-state index in [0.29, 0.717) is 5.01 Å². The number of aromatic nitrogens is 3. The molecule has 0 radical (unpaired) electrons. The molecular formula is C12H8N4S. The Morgan fingerprint density at radius 3 is 3.06 bits per heavy atom. The molecule has 0 unspecified atom stereocenters. The normalized spacial score (nSPS) is 10.6. The molecule has 4 nitrogen and oxygen atoms in total. The average molecular weight is 240 g/mol. The van der Waals surface area contributed by atoms with Crippen molar-refractivity contribution < 1.29 is 0 Å². The van der Waals surface area contributed by atoms with Gasteiger partial charge in [-0.05, 0) is 12.1 Å². The second-order valence-electron chi connectivity index (χ2n) is 3.71. The van der Waals surface area contributed by atoms with E-state index in [-0.39, 0.29) is 0 Å². The Balaban J connectivity index is 2.15. The van der Waals surface area contributed by atoms with Gasteiger partial charge in [0.1, 0.15) is 6.07 Å². The monoisotopic (exact) mass is 240 g/mol. The molecule has 1 aromatic carbocycles. The molecule has 2 aromatic heterocycles. The lowest BCUT2D eigenvalue weighted by atomic mass is 10.1. The number of nitrogens with zero attached hydrogens (tertiary/aromatic N) is 4. The summed E-state index contributed by atoms with van der Waals surface area (Å²) in [5, 5.41) is 11.1. The molecule has 0 saturated heterocycles. The molecule has 17 heavy (non-hydrogen) atoms. The molecule has 0 aliphatic heterocycles. The average Bonchev–Trinajstić information content (AvgIpc) is 2.96. The zero-order valence-electron chi connectivity index (χ0n) is 9.08. The largest absolute Gasteiger partial charge is 0.334 e. The lowest BCUT2D eigenvalue weighted by molar-refractivity contribution is 0.948. The SMILES string of the molecule is Cn1cnc2cc(-c3csc(C#N)n3)ccc21. The predicted molar refractivity (Wildman–Crippen MR) is 66.5 cm³/mol. The molecule has 0 spiro atoms. The smallest absolute Gasteiger partial charge is 0.194 e. The van der Waals surface area contributed by atoms with Crippen molar-refractivity contribution in [3.05, 3.63) is 34.9 Å². The molecular weight excluding hydrogens is 232 g/mol. The minimum absolute atomic E-state index is 0.487. The van der Waals surface area contributed by atoms with Crippen molar-refractivity contribution in [2.24, 2.45) is 7.05 Å². The van der Waals surface area contributed by atoms with E-state index in [1.165, 1.54) is 11.3 Å². The van der Waals surface area contributed by atoms with Gasteiger partial charge < -0.3 is 4.57 Å². The molecule has 0 N–H and O–H groups in total. The topological polar surface area (TPSA) is 54.5 Å². The highest BCUT2D eigenvalue weighted by molar-refractivity contribution is 7.10. The molecule has 5 heteroatoms. The van der Waals surface area contributed by atoms with E-state index >= 15 is 0 Å². The summed E-state index contributed by atoms with van der Waals surface area (Å²) in [5.74, 6) is 0. The van der Waals surface area contributed by atoms with Gasteiger partial charge in [0.05, 0.1) is 23.1 Å². The van der Waals surface area contributed by atoms with Gasteiger partial charge >= 0.3 is 0 Å². The zero-order chi connectivity index (χ0) is 11.8. The van der Waals surface area contributed by atoms with E-state index in [9.17, 15) is 0 Å². The number of hydrogen-bond donors (Lipinski definition) is 0. The van der Waals surface area contributed by atoms with Gasteiger partial charge in [0.15, 0.2) is 5.01 Å². The number of benzene rings is 1. The van der Waals surface area contributed by atoms with Crippen LogP contribution in [0.3, 0.4) is 0 Å². The van der Waals surface area contributed by atoms with Crippen LogP contribution in [-0.4, -0.2) is 14.5 Å². The van der Waals surface area contributed by atoms with E-state index in [1.807, 2.05) is 41.3 Å². The molecule has 3 rings (SSSR count). The molecule has 2 heterocycles. The highest BCUT2D eigenvalue weighted by atomic mass is 32.1. The molecule has 0 saturated carbocycles. The third-order valence-corrected chi connectivity index (χ3v) is 3.37. The fourth-order valence-corrected chi connectivity index (χ4v) is 2.37. The van der Waals surface area contributed by atoms with Crippen LogP contribution in [0.5, 0.6) is 0 Å². The standard InChI is InChI=1S/C12H8N4S/c1-16-7-14-9-4-8(2-3-11(9)16)10-6-17-12(5-13)15-10/h2-4,6-7H,1H3. The molecule has 82 valence electrons. The molecule has 0 amide bonds. The summed E-state index contributed by atoms with van der Waals surface area (Å²) in [4.78, 5) is 8.54. The number of imidazole rings is 1. The summed E-state index contributed by atoms with van der Waals surface area (Å²) in [7, 11) is 1.96. The summed E-state index contributed by atoms with van der Waals surface area (Å²) < 4.78 is 1.97. The van der Waals surface area contributed by atoms with Crippen LogP contribution >= 0.6 is 11.3 Å². The van der Waals surface area contributed by atoms with E-state index < -0.39 is 0 Å². The summed E-state index contributed by atoms with van der Waals surface area (Å²) in [6.07, 6.45) is 1.79. The first-order valence-corrected chi connectivity index (χ1v) is 5.93. The molecule has 0 aliphatic carbocycles. The summed E-state index contributed by atoms with van der Waals surface area (Å²) in [6, 6.07) is 8.05. The third-order valence-electron chi connectivity index (χ3n) is 2.62. The first kappa shape index (κ1) is 10.00. The molecule has 0 bridgehead atoms. The fraction of sp³-hybridized carbons (Fsp3) is 0.0833. The number of fused-ring (bicyclic) bond motifs is 1. The Kier molecular flexibility index (Phi) is 2.16. The van der Waals surface area contributed by atoms with Gasteiger partial charge in [-0.3, -0.25) is 0 Å². The number of rotatable bonds is 1. The molecule has 3 aromatic rings. The van der Waals surface area contributed by atoms with Crippen LogP contribution in [0.1, 0.15) is 5.01 Å². The van der Waals surface area contributed by atoms with E-state index in [0.717, 1.165) is 22.3 Å². The maximum Gasteiger partial charge on any atom is 0.194 e. The Morgan fingerprint density at radius 2 is 2.29 bits per heavy atom. The van der Waals surface area contributed by atoms with Gasteiger partial charge in [-0.2, -0.15) is 5.26 Å². The highest BCUT2D eigenvalue weighted by Gasteiger charge is 2.06. The summed E-state index contributed by atoms with van der Waals surface area (Å²) in [5.41, 5.74) is 3.86. The van der Waals surface area contributed by atoms with Crippen molar-refractivity contribution in [1.29, 1.82) is 5.26 Å². The number of nitriles is 1. The summed E-state index contributed by atoms with van der Waals surface area (Å²) in [6.45, 7) is 0. The Labute approximate surface area is 102 Å². The van der Waals surface area contributed by atoms with Crippen molar-refractivity contribution in [3.63, 3.8) is 0 Å². The number of hydrogen-bond acceptors (Lipinski definition) is 4. The highest BCUT2D eigenvalue weighted by Crippen LogP contribution is 2.24. The minimum atomic E-state index is 0.487. The molecule has 0 atom stereocenters. The fourth-order valence-electron chi connectivity index (χ4n) is 1.75. The van der Waals surface area contributed by atoms with Crippen molar-refractivity contribution in [2.75, 3.05) is 0 Å². The Bertz CT molecular complexity index is 732. The van der Waals surface area contributed by atoms with Crippen LogP contribution in [-0.2, 0) is 7.05 Å². The van der Waals surface area contributed by atoms with E-state index in [2.05, 4.69) is 9.97 Å². The van der Waals surface area contributed by atoms with Crippen molar-refractivity contribution >= 4 is 22.4 Å². The first-order valence-electron chi connectivity index (χ1n) is 5.05. The molecule has 0 fully saturated rings. The van der Waals surface area contributed by atoms with Crippen LogP contribution in [0.25, 0.3) is 22.3 Å². The number of aryl methyl sites for hydroxylation is 1. The van der Waals surface area contributed by atoms with Gasteiger partial charge in [-0.1, -0.05) is 6.07 Å². The van der Waals surface area contributed by atoms with Crippen LogP contribution in [0.15, 0.2) is 29.9 Å². The van der Waals surface area contributed by atoms with Crippen LogP contribution in [0, 0.1) is 11.3 Å². The number of thiazole rings is 1. The maximum absolute atomic E-state index is 8.76. The van der Waals surface area contributed by atoms with Crippen LogP contribution in [0.2, 0.25) is 0 Å². The second-order valence-corrected chi connectivity index (χ2v) is 4.57. The lowest BCUT2D eigenvalue weighted by Crippen LogP contribution is -1.84. The quantitative estimate of drug-likeness (QED) is 0.657. The predicted octanol–water partition coefficient (Wildman–Crippen LogP) is 2.57. The van der Waals surface area contributed by atoms with E-state index in [1.54, 1.807) is 6.33 Å². The van der Waals surface area contributed by atoms with Crippen molar-refractivity contribution in [3.8, 4) is 17.3 Å². The maximum atomic E-state index is 8.76. The zero-order valence-corrected chi connectivity index (χ0v) is 9.90. The summed E-state index contributed by atoms with van der Waals surface area (Å²) >= 11 is 1.36. The van der Waals surface area contributed by atoms with Gasteiger partial charge in [0.25, 0.3) is 0 Å². The second kappa shape index (κ2) is 3.68. The van der Waals surface area contributed by atoms with Crippen LogP contribution in [0.4, 0.5) is 0 Å². The van der Waals surface area contributed by atoms with Crippen LogP contribution < -0.4 is 0 Å². The Hall–Kier alpha value is -2.19. The molecule has 0 aliphatic rings. The minimum Gasteiger partial charge on any atom is -0.334 e. The first-order chi connectivity index (χ1) is 8.28.